The average molecular weight is 308 g/mol. The normalized spacial score (nSPS) is 18.5. The van der Waals surface area contributed by atoms with Gasteiger partial charge in [-0.1, -0.05) is 12.1 Å². The number of nitrogens with zero attached hydrogens (tertiary/aromatic N) is 1. The summed E-state index contributed by atoms with van der Waals surface area (Å²) in [5, 5.41) is 2.52. The maximum Gasteiger partial charge on any atom is 0.292 e. The van der Waals surface area contributed by atoms with E-state index >= 15 is 0 Å². The predicted octanol–water partition coefficient (Wildman–Crippen LogP) is 2.52. The predicted molar refractivity (Wildman–Crippen MR) is 81.4 cm³/mol. The third-order valence-electron chi connectivity index (χ3n) is 3.15. The molecule has 0 spiro atoms. The average Bonchev–Trinajstić information content (AvgIpc) is 2.98. The Bertz CT molecular complexity index is 540. The van der Waals surface area contributed by atoms with E-state index in [2.05, 4.69) is 10.3 Å². The topological polar surface area (TPSA) is 59.9 Å². The summed E-state index contributed by atoms with van der Waals surface area (Å²) >= 11 is 0. The number of benzene rings is 1. The highest BCUT2D eigenvalue weighted by molar-refractivity contribution is 6.04. The summed E-state index contributed by atoms with van der Waals surface area (Å²) in [5.41, 5.74) is -0.0420. The van der Waals surface area contributed by atoms with Gasteiger partial charge in [0, 0.05) is 6.61 Å². The lowest BCUT2D eigenvalue weighted by Gasteiger charge is -2.14. The number of carbonyl (C=O) groups excluding carboxylic acids is 1. The van der Waals surface area contributed by atoms with Crippen LogP contribution in [-0.4, -0.2) is 37.3 Å². The molecule has 0 aliphatic carbocycles. The van der Waals surface area contributed by atoms with Crippen molar-refractivity contribution in [3.05, 3.63) is 35.6 Å². The van der Waals surface area contributed by atoms with Gasteiger partial charge in [0.15, 0.2) is 0 Å². The third-order valence-corrected chi connectivity index (χ3v) is 3.15. The number of halogens is 1. The molecule has 1 N–H and O–H groups in total. The van der Waals surface area contributed by atoms with E-state index in [9.17, 15) is 9.18 Å². The largest absolute Gasteiger partial charge is 0.462 e. The molecule has 1 unspecified atom stereocenters. The summed E-state index contributed by atoms with van der Waals surface area (Å²) in [6.45, 7) is 4.81. The molecule has 22 heavy (non-hydrogen) atoms. The second-order valence-corrected chi connectivity index (χ2v) is 5.38. The van der Waals surface area contributed by atoms with Gasteiger partial charge in [0.2, 0.25) is 0 Å². The van der Waals surface area contributed by atoms with Gasteiger partial charge in [0.1, 0.15) is 5.82 Å². The van der Waals surface area contributed by atoms with Crippen LogP contribution >= 0.6 is 0 Å². The number of ether oxygens (including phenoxy) is 2. The number of nitrogens with one attached hydrogen (secondary N) is 1. The Hall–Kier alpha value is -1.95. The molecule has 1 heterocycles. The molecular formula is C16H21FN2O3. The molecule has 1 aromatic carbocycles. The minimum absolute atomic E-state index is 0.0420. The van der Waals surface area contributed by atoms with Crippen LogP contribution in [0.2, 0.25) is 0 Å². The number of hydrogen-bond donors (Lipinski definition) is 1. The fourth-order valence-electron chi connectivity index (χ4n) is 2.11. The van der Waals surface area contributed by atoms with Gasteiger partial charge in [0.25, 0.3) is 11.9 Å². The van der Waals surface area contributed by atoms with E-state index in [1.807, 2.05) is 13.8 Å². The van der Waals surface area contributed by atoms with Crippen molar-refractivity contribution in [1.29, 1.82) is 0 Å². The third kappa shape index (κ3) is 4.80. The first-order valence-electron chi connectivity index (χ1n) is 7.45. The lowest BCUT2D eigenvalue weighted by Crippen LogP contribution is -2.35. The van der Waals surface area contributed by atoms with E-state index in [4.69, 9.17) is 9.47 Å². The van der Waals surface area contributed by atoms with Crippen molar-refractivity contribution in [2.24, 2.45) is 4.99 Å². The van der Waals surface area contributed by atoms with E-state index in [1.54, 1.807) is 6.07 Å². The zero-order valence-corrected chi connectivity index (χ0v) is 12.8. The first-order chi connectivity index (χ1) is 10.6. The van der Waals surface area contributed by atoms with E-state index in [0.29, 0.717) is 6.54 Å². The summed E-state index contributed by atoms with van der Waals surface area (Å²) in [7, 11) is 0. The second-order valence-electron chi connectivity index (χ2n) is 5.38. The summed E-state index contributed by atoms with van der Waals surface area (Å²) in [4.78, 5) is 16.4. The van der Waals surface area contributed by atoms with Gasteiger partial charge in [0.05, 0.1) is 24.3 Å². The smallest absolute Gasteiger partial charge is 0.292 e. The van der Waals surface area contributed by atoms with Gasteiger partial charge in [-0.25, -0.2) is 9.38 Å². The first-order valence-corrected chi connectivity index (χ1v) is 7.45. The molecule has 1 aliphatic heterocycles. The molecule has 1 saturated heterocycles. The van der Waals surface area contributed by atoms with Crippen LogP contribution < -0.4 is 5.32 Å². The molecule has 0 aromatic heterocycles. The molecule has 1 aliphatic rings. The molecule has 6 heteroatoms. The standard InChI is InChI=1S/C16H21FN2O3/c1-11(2)22-16(18-10-12-6-5-9-21-12)19-15(20)13-7-3-4-8-14(13)17/h3-4,7-8,11-12H,5-6,9-10H2,1-2H3,(H,18,19,20). The zero-order chi connectivity index (χ0) is 15.9. The highest BCUT2D eigenvalue weighted by Crippen LogP contribution is 2.12. The van der Waals surface area contributed by atoms with E-state index in [0.717, 1.165) is 19.4 Å². The van der Waals surface area contributed by atoms with Gasteiger partial charge < -0.3 is 9.47 Å². The Labute approximate surface area is 129 Å². The number of rotatable bonds is 4. The van der Waals surface area contributed by atoms with Crippen molar-refractivity contribution in [2.75, 3.05) is 13.2 Å². The van der Waals surface area contributed by atoms with Crippen molar-refractivity contribution in [3.8, 4) is 0 Å². The van der Waals surface area contributed by atoms with Gasteiger partial charge in [-0.05, 0) is 38.8 Å². The molecule has 5 nitrogen and oxygen atoms in total. The minimum Gasteiger partial charge on any atom is -0.462 e. The van der Waals surface area contributed by atoms with Crippen molar-refractivity contribution >= 4 is 11.9 Å². The van der Waals surface area contributed by atoms with Crippen LogP contribution in [0.15, 0.2) is 29.3 Å². The second kappa shape index (κ2) is 7.89. The van der Waals surface area contributed by atoms with Crippen molar-refractivity contribution < 1.29 is 18.7 Å². The molecule has 0 radical (unpaired) electrons. The van der Waals surface area contributed by atoms with Crippen molar-refractivity contribution in [1.82, 2.24) is 5.32 Å². The number of aliphatic imine (C=N–C) groups is 1. The summed E-state index contributed by atoms with van der Waals surface area (Å²) in [6, 6.07) is 5.88. The molecule has 1 aromatic rings. The van der Waals surface area contributed by atoms with Gasteiger partial charge in [-0.2, -0.15) is 0 Å². The molecule has 120 valence electrons. The van der Waals surface area contributed by atoms with Crippen LogP contribution in [0.5, 0.6) is 0 Å². The maximum absolute atomic E-state index is 13.6. The van der Waals surface area contributed by atoms with E-state index in [1.165, 1.54) is 18.2 Å². The number of amidine groups is 1. The van der Waals surface area contributed by atoms with Crippen LogP contribution in [0.3, 0.4) is 0 Å². The van der Waals surface area contributed by atoms with Gasteiger partial charge in [-0.3, -0.25) is 10.1 Å². The highest BCUT2D eigenvalue weighted by Gasteiger charge is 2.18. The Balaban J connectivity index is 2.03. The number of carbonyl (C=O) groups is 1. The monoisotopic (exact) mass is 308 g/mol. The van der Waals surface area contributed by atoms with Crippen molar-refractivity contribution in [2.45, 2.75) is 38.9 Å². The fraction of sp³-hybridized carbons (Fsp3) is 0.500. The van der Waals surface area contributed by atoms with Gasteiger partial charge >= 0.3 is 0 Å². The Morgan fingerprint density at radius 3 is 2.91 bits per heavy atom. The quantitative estimate of drug-likeness (QED) is 0.687. The summed E-state index contributed by atoms with van der Waals surface area (Å²) < 4.78 is 24.6. The molecule has 1 amide bonds. The van der Waals surface area contributed by atoms with E-state index in [-0.39, 0.29) is 23.8 Å². The molecule has 0 bridgehead atoms. The van der Waals surface area contributed by atoms with Crippen LogP contribution in [0.4, 0.5) is 4.39 Å². The molecule has 2 rings (SSSR count). The van der Waals surface area contributed by atoms with Crippen LogP contribution in [-0.2, 0) is 9.47 Å². The number of amides is 1. The first kappa shape index (κ1) is 16.4. The lowest BCUT2D eigenvalue weighted by atomic mass is 10.2. The van der Waals surface area contributed by atoms with E-state index < -0.39 is 11.7 Å². The fourth-order valence-corrected chi connectivity index (χ4v) is 2.11. The molecular weight excluding hydrogens is 287 g/mol. The van der Waals surface area contributed by atoms with Gasteiger partial charge in [-0.15, -0.1) is 0 Å². The van der Waals surface area contributed by atoms with Crippen LogP contribution in [0.25, 0.3) is 0 Å². The lowest BCUT2D eigenvalue weighted by molar-refractivity contribution is 0.0952. The zero-order valence-electron chi connectivity index (χ0n) is 12.8. The molecule has 0 saturated carbocycles. The Morgan fingerprint density at radius 2 is 2.27 bits per heavy atom. The minimum atomic E-state index is -0.581. The number of hydrogen-bond acceptors (Lipinski definition) is 4. The van der Waals surface area contributed by atoms with Crippen LogP contribution in [0, 0.1) is 5.82 Å². The molecule has 1 atom stereocenters. The molecule has 1 fully saturated rings. The van der Waals surface area contributed by atoms with Crippen molar-refractivity contribution in [3.63, 3.8) is 0 Å². The maximum atomic E-state index is 13.6. The highest BCUT2D eigenvalue weighted by atomic mass is 19.1. The Kier molecular flexibility index (Phi) is 5.89. The summed E-state index contributed by atoms with van der Waals surface area (Å²) in [5.74, 6) is -1.16. The Morgan fingerprint density at radius 1 is 1.50 bits per heavy atom. The SMILES string of the molecule is CC(C)OC(=NCC1CCCO1)NC(=O)c1ccccc1F. The summed E-state index contributed by atoms with van der Waals surface area (Å²) in [6.07, 6.45) is 1.86. The van der Waals surface area contributed by atoms with Crippen LogP contribution in [0.1, 0.15) is 37.0 Å².